The second kappa shape index (κ2) is 6.17. The van der Waals surface area contributed by atoms with Crippen molar-refractivity contribution < 1.29 is 9.53 Å². The van der Waals surface area contributed by atoms with Crippen LogP contribution in [0.15, 0.2) is 17.3 Å². The molecule has 0 aliphatic rings. The molecule has 0 aliphatic carbocycles. The molecule has 18 heavy (non-hydrogen) atoms. The minimum absolute atomic E-state index is 0.0109. The number of hydrogen-bond donors (Lipinski definition) is 0. The Labute approximate surface area is 116 Å². The minimum Gasteiger partial charge on any atom is -0.468 e. The van der Waals surface area contributed by atoms with Crippen molar-refractivity contribution in [2.45, 2.75) is 17.5 Å². The van der Waals surface area contributed by atoms with Gasteiger partial charge in [-0.3, -0.25) is 4.79 Å². The minimum atomic E-state index is -0.386. The molecule has 0 spiro atoms. The largest absolute Gasteiger partial charge is 0.468 e. The van der Waals surface area contributed by atoms with Gasteiger partial charge in [0, 0.05) is 10.6 Å². The number of halogens is 1. The van der Waals surface area contributed by atoms with Gasteiger partial charge in [-0.15, -0.1) is 16.4 Å². The number of tetrazole rings is 1. The fourth-order valence-corrected chi connectivity index (χ4v) is 3.16. The quantitative estimate of drug-likeness (QED) is 0.620. The smallest absolute Gasteiger partial charge is 0.327 e. The molecule has 2 heterocycles. The first-order valence-corrected chi connectivity index (χ1v) is 7.07. The number of esters is 1. The number of nitrogens with zero attached hydrogens (tertiary/aromatic N) is 4. The summed E-state index contributed by atoms with van der Waals surface area (Å²) in [6.45, 7) is 0.0109. The van der Waals surface area contributed by atoms with Crippen LogP contribution in [0.1, 0.15) is 4.88 Å². The van der Waals surface area contributed by atoms with E-state index in [2.05, 4.69) is 20.3 Å². The maximum Gasteiger partial charge on any atom is 0.327 e. The molecule has 0 atom stereocenters. The van der Waals surface area contributed by atoms with Gasteiger partial charge in [-0.2, -0.15) is 0 Å². The van der Waals surface area contributed by atoms with Crippen molar-refractivity contribution in [1.82, 2.24) is 20.2 Å². The summed E-state index contributed by atoms with van der Waals surface area (Å²) in [5.74, 6) is 0.321. The molecule has 0 radical (unpaired) electrons. The molecule has 0 fully saturated rings. The third-order valence-electron chi connectivity index (χ3n) is 1.98. The van der Waals surface area contributed by atoms with Crippen molar-refractivity contribution in [2.24, 2.45) is 0 Å². The topological polar surface area (TPSA) is 69.9 Å². The first kappa shape index (κ1) is 13.3. The van der Waals surface area contributed by atoms with E-state index < -0.39 is 0 Å². The van der Waals surface area contributed by atoms with E-state index in [0.29, 0.717) is 10.9 Å². The Hall–Kier alpha value is -1.12. The molecule has 0 unspecified atom stereocenters. The molecule has 96 valence electrons. The average molecular weight is 305 g/mol. The number of thiophene rings is 1. The number of methoxy groups -OCH3 is 1. The van der Waals surface area contributed by atoms with Crippen LogP contribution in [-0.2, 0) is 21.8 Å². The van der Waals surface area contributed by atoms with Crippen LogP contribution in [0.3, 0.4) is 0 Å². The summed E-state index contributed by atoms with van der Waals surface area (Å²) < 4.78 is 6.72. The highest BCUT2D eigenvalue weighted by atomic mass is 35.5. The van der Waals surface area contributed by atoms with Crippen LogP contribution < -0.4 is 0 Å². The van der Waals surface area contributed by atoms with Crippen molar-refractivity contribution in [3.63, 3.8) is 0 Å². The Morgan fingerprint density at radius 2 is 2.44 bits per heavy atom. The summed E-state index contributed by atoms with van der Waals surface area (Å²) in [5, 5.41) is 11.7. The van der Waals surface area contributed by atoms with Crippen molar-refractivity contribution >= 4 is 40.7 Å². The molecule has 6 nitrogen and oxygen atoms in total. The molecule has 2 aromatic rings. The Morgan fingerprint density at radius 1 is 1.61 bits per heavy atom. The number of hydrogen-bond acceptors (Lipinski definition) is 7. The lowest BCUT2D eigenvalue weighted by atomic mass is 10.5. The van der Waals surface area contributed by atoms with Gasteiger partial charge in [0.15, 0.2) is 0 Å². The molecule has 0 saturated carbocycles. The van der Waals surface area contributed by atoms with E-state index >= 15 is 0 Å². The molecular weight excluding hydrogens is 296 g/mol. The predicted octanol–water partition coefficient (Wildman–Crippen LogP) is 1.85. The number of aromatic nitrogens is 4. The van der Waals surface area contributed by atoms with E-state index in [9.17, 15) is 4.79 Å². The highest BCUT2D eigenvalue weighted by Gasteiger charge is 2.11. The number of carbonyl (C=O) groups excluding carboxylic acids is 1. The van der Waals surface area contributed by atoms with Gasteiger partial charge in [0.1, 0.15) is 6.54 Å². The zero-order chi connectivity index (χ0) is 13.0. The SMILES string of the molecule is COC(=O)Cn1nnnc1SCc1ccc(Cl)s1. The molecule has 0 aliphatic heterocycles. The highest BCUT2D eigenvalue weighted by Crippen LogP contribution is 2.27. The summed E-state index contributed by atoms with van der Waals surface area (Å²) in [4.78, 5) is 12.3. The van der Waals surface area contributed by atoms with E-state index in [-0.39, 0.29) is 12.5 Å². The monoisotopic (exact) mass is 304 g/mol. The molecule has 2 aromatic heterocycles. The van der Waals surface area contributed by atoms with Gasteiger partial charge in [-0.1, -0.05) is 23.4 Å². The Balaban J connectivity index is 1.97. The Bertz CT molecular complexity index is 542. The number of carbonyl (C=O) groups is 1. The van der Waals surface area contributed by atoms with Crippen LogP contribution in [0, 0.1) is 0 Å². The molecule has 0 saturated heterocycles. The van der Waals surface area contributed by atoms with Crippen LogP contribution in [0.2, 0.25) is 4.34 Å². The lowest BCUT2D eigenvalue weighted by molar-refractivity contribution is -0.141. The Morgan fingerprint density at radius 3 is 3.11 bits per heavy atom. The number of thioether (sulfide) groups is 1. The van der Waals surface area contributed by atoms with Crippen molar-refractivity contribution in [3.8, 4) is 0 Å². The van der Waals surface area contributed by atoms with Crippen LogP contribution in [-0.4, -0.2) is 33.3 Å². The maximum atomic E-state index is 11.1. The normalized spacial score (nSPS) is 10.6. The fraction of sp³-hybridized carbons (Fsp3) is 0.333. The van der Waals surface area contributed by atoms with Crippen molar-refractivity contribution in [3.05, 3.63) is 21.3 Å². The molecule has 2 rings (SSSR count). The van der Waals surface area contributed by atoms with Gasteiger partial charge in [0.05, 0.1) is 11.4 Å². The van der Waals surface area contributed by atoms with Crippen molar-refractivity contribution in [2.75, 3.05) is 7.11 Å². The summed E-state index contributed by atoms with van der Waals surface area (Å²) in [6, 6.07) is 3.80. The maximum absolute atomic E-state index is 11.1. The predicted molar refractivity (Wildman–Crippen MR) is 68.7 cm³/mol. The first-order chi connectivity index (χ1) is 8.69. The Kier molecular flexibility index (Phi) is 4.56. The molecule has 0 N–H and O–H groups in total. The average Bonchev–Trinajstić information content (AvgIpc) is 2.96. The van der Waals surface area contributed by atoms with Crippen LogP contribution in [0.5, 0.6) is 0 Å². The van der Waals surface area contributed by atoms with Crippen molar-refractivity contribution in [1.29, 1.82) is 0 Å². The van der Waals surface area contributed by atoms with E-state index in [0.717, 1.165) is 9.21 Å². The standard InChI is InChI=1S/C9H9ClN4O2S2/c1-16-8(15)4-14-9(11-12-13-14)17-5-6-2-3-7(10)18-6/h2-3H,4-5H2,1H3. The summed E-state index contributed by atoms with van der Waals surface area (Å²) in [5.41, 5.74) is 0. The lowest BCUT2D eigenvalue weighted by Crippen LogP contribution is -2.13. The van der Waals surface area contributed by atoms with Crippen LogP contribution in [0.25, 0.3) is 0 Å². The highest BCUT2D eigenvalue weighted by molar-refractivity contribution is 7.98. The zero-order valence-electron chi connectivity index (χ0n) is 9.37. The first-order valence-electron chi connectivity index (χ1n) is 4.89. The molecule has 0 aromatic carbocycles. The number of ether oxygens (including phenoxy) is 1. The van der Waals surface area contributed by atoms with E-state index in [1.807, 2.05) is 12.1 Å². The van der Waals surface area contributed by atoms with Gasteiger partial charge in [0.25, 0.3) is 0 Å². The van der Waals surface area contributed by atoms with Gasteiger partial charge < -0.3 is 4.74 Å². The van der Waals surface area contributed by atoms with Crippen LogP contribution in [0.4, 0.5) is 0 Å². The summed E-state index contributed by atoms with van der Waals surface area (Å²) in [6.07, 6.45) is 0. The van der Waals surface area contributed by atoms with Gasteiger partial charge >= 0.3 is 5.97 Å². The second-order valence-electron chi connectivity index (χ2n) is 3.19. The van der Waals surface area contributed by atoms with Crippen LogP contribution >= 0.6 is 34.7 Å². The molecular formula is C9H9ClN4O2S2. The third-order valence-corrected chi connectivity index (χ3v) is 4.40. The van der Waals surface area contributed by atoms with E-state index in [1.165, 1.54) is 34.9 Å². The van der Waals surface area contributed by atoms with E-state index in [1.54, 1.807) is 0 Å². The lowest BCUT2D eigenvalue weighted by Gasteiger charge is -2.01. The van der Waals surface area contributed by atoms with Gasteiger partial charge in [0.2, 0.25) is 5.16 Å². The molecule has 0 bridgehead atoms. The second-order valence-corrected chi connectivity index (χ2v) is 5.93. The van der Waals surface area contributed by atoms with Gasteiger partial charge in [-0.25, -0.2) is 4.68 Å². The van der Waals surface area contributed by atoms with E-state index in [4.69, 9.17) is 11.6 Å². The molecule has 0 amide bonds. The summed E-state index contributed by atoms with van der Waals surface area (Å²) in [7, 11) is 1.33. The van der Waals surface area contributed by atoms with Gasteiger partial charge in [-0.05, 0) is 22.6 Å². The number of rotatable bonds is 5. The zero-order valence-corrected chi connectivity index (χ0v) is 11.8. The third kappa shape index (κ3) is 3.44. The summed E-state index contributed by atoms with van der Waals surface area (Å²) >= 11 is 8.79. The molecule has 9 heteroatoms. The fourth-order valence-electron chi connectivity index (χ4n) is 1.15.